The van der Waals surface area contributed by atoms with Crippen LogP contribution < -0.4 is 11.1 Å². The van der Waals surface area contributed by atoms with Crippen molar-refractivity contribution in [2.75, 3.05) is 0 Å². The molecule has 1 atom stereocenters. The first-order valence-electron chi connectivity index (χ1n) is 9.95. The average molecular weight is 430 g/mol. The Balaban J connectivity index is 1.55. The molecule has 0 aliphatic carbocycles. The highest BCUT2D eigenvalue weighted by atomic mass is 16.2. The average Bonchev–Trinajstić information content (AvgIpc) is 3.02. The zero-order valence-electron chi connectivity index (χ0n) is 16.9. The van der Waals surface area contributed by atoms with Crippen molar-refractivity contribution in [3.8, 4) is 11.8 Å². The Kier molecular flexibility index (Phi) is 5.52. The number of hydrogen-bond acceptors (Lipinski definition) is 6. The molecule has 32 heavy (non-hydrogen) atoms. The predicted molar refractivity (Wildman–Crippen MR) is 111 cm³/mol. The number of carbonyl (C=O) groups is 5. The molecule has 0 bridgehead atoms. The van der Waals surface area contributed by atoms with Crippen LogP contribution in [0.1, 0.15) is 61.6 Å². The van der Waals surface area contributed by atoms with Crippen LogP contribution in [0.15, 0.2) is 36.5 Å². The van der Waals surface area contributed by atoms with E-state index in [-0.39, 0.29) is 29.7 Å². The Hall–Kier alpha value is -4.32. The number of imide groups is 2. The van der Waals surface area contributed by atoms with Gasteiger partial charge in [-0.3, -0.25) is 39.2 Å². The maximum Gasteiger partial charge on any atom is 0.267 e. The van der Waals surface area contributed by atoms with E-state index in [9.17, 15) is 24.0 Å². The van der Waals surface area contributed by atoms with Gasteiger partial charge in [0, 0.05) is 24.6 Å². The third-order valence-corrected chi connectivity index (χ3v) is 5.34. The van der Waals surface area contributed by atoms with Crippen LogP contribution in [0.3, 0.4) is 0 Å². The van der Waals surface area contributed by atoms with Gasteiger partial charge in [-0.15, -0.1) is 0 Å². The number of amides is 5. The van der Waals surface area contributed by atoms with Crippen molar-refractivity contribution >= 4 is 29.5 Å². The SMILES string of the molecule is NC(=O)c1ncccc1CCC#Cc1cccc2c1C(=O)N(C1CCC(=O)NC1=O)C2=O. The van der Waals surface area contributed by atoms with Gasteiger partial charge in [-0.2, -0.15) is 0 Å². The van der Waals surface area contributed by atoms with E-state index in [2.05, 4.69) is 22.1 Å². The molecule has 1 aromatic carbocycles. The van der Waals surface area contributed by atoms with Crippen LogP contribution in [0.2, 0.25) is 0 Å². The number of carbonyl (C=O) groups excluding carboxylic acids is 5. The first kappa shape index (κ1) is 20.9. The molecule has 0 spiro atoms. The maximum absolute atomic E-state index is 13.0. The van der Waals surface area contributed by atoms with Crippen molar-refractivity contribution < 1.29 is 24.0 Å². The number of nitrogens with one attached hydrogen (secondary N) is 1. The highest BCUT2D eigenvalue weighted by Crippen LogP contribution is 2.29. The normalized spacial score (nSPS) is 17.5. The maximum atomic E-state index is 13.0. The summed E-state index contributed by atoms with van der Waals surface area (Å²) in [4.78, 5) is 65.9. The number of primary amides is 1. The van der Waals surface area contributed by atoms with Gasteiger partial charge in [0.05, 0.1) is 11.1 Å². The number of hydrogen-bond donors (Lipinski definition) is 2. The second-order valence-electron chi connectivity index (χ2n) is 7.35. The Bertz CT molecular complexity index is 1240. The third-order valence-electron chi connectivity index (χ3n) is 5.34. The lowest BCUT2D eigenvalue weighted by molar-refractivity contribution is -0.136. The summed E-state index contributed by atoms with van der Waals surface area (Å²) in [5.41, 5.74) is 6.89. The standard InChI is InChI=1S/C23H18N4O5/c24-20(29)19-14(8-4-12-25-19)6-2-1-5-13-7-3-9-15-18(13)23(32)27(22(15)31)16-10-11-17(28)26-21(16)30/h3-4,7-9,12,16H,2,6,10-11H2,(H2,24,29)(H,26,28,30). The zero-order valence-corrected chi connectivity index (χ0v) is 16.9. The number of aromatic nitrogens is 1. The molecule has 4 rings (SSSR count). The van der Waals surface area contributed by atoms with E-state index in [4.69, 9.17) is 5.73 Å². The minimum absolute atomic E-state index is 0.0537. The van der Waals surface area contributed by atoms with Gasteiger partial charge in [-0.1, -0.05) is 24.0 Å². The highest BCUT2D eigenvalue weighted by molar-refractivity contribution is 6.24. The number of nitrogens with two attached hydrogens (primary N) is 1. The summed E-state index contributed by atoms with van der Waals surface area (Å²) in [5.74, 6) is 2.98. The summed E-state index contributed by atoms with van der Waals surface area (Å²) >= 11 is 0. The van der Waals surface area contributed by atoms with Gasteiger partial charge >= 0.3 is 0 Å². The van der Waals surface area contributed by atoms with E-state index in [1.54, 1.807) is 24.3 Å². The lowest BCUT2D eigenvalue weighted by Crippen LogP contribution is -2.54. The summed E-state index contributed by atoms with van der Waals surface area (Å²) in [5, 5.41) is 2.17. The van der Waals surface area contributed by atoms with Gasteiger partial charge in [0.25, 0.3) is 17.7 Å². The van der Waals surface area contributed by atoms with Crippen molar-refractivity contribution in [1.82, 2.24) is 15.2 Å². The van der Waals surface area contributed by atoms with Crippen LogP contribution >= 0.6 is 0 Å². The number of piperidine rings is 1. The summed E-state index contributed by atoms with van der Waals surface area (Å²) < 4.78 is 0. The summed E-state index contributed by atoms with van der Waals surface area (Å²) in [6, 6.07) is 7.18. The lowest BCUT2D eigenvalue weighted by atomic mass is 10.0. The number of aryl methyl sites for hydroxylation is 1. The second kappa shape index (κ2) is 8.43. The fourth-order valence-corrected chi connectivity index (χ4v) is 3.84. The molecule has 1 fully saturated rings. The number of fused-ring (bicyclic) bond motifs is 1. The van der Waals surface area contributed by atoms with Gasteiger partial charge in [0.1, 0.15) is 11.7 Å². The molecule has 1 saturated heterocycles. The summed E-state index contributed by atoms with van der Waals surface area (Å²) in [7, 11) is 0. The van der Waals surface area contributed by atoms with Gasteiger partial charge in [-0.25, -0.2) is 0 Å². The fourth-order valence-electron chi connectivity index (χ4n) is 3.84. The molecule has 9 nitrogen and oxygen atoms in total. The van der Waals surface area contributed by atoms with E-state index in [0.29, 0.717) is 24.0 Å². The first-order chi connectivity index (χ1) is 15.4. The van der Waals surface area contributed by atoms with Crippen molar-refractivity contribution in [2.24, 2.45) is 5.73 Å². The number of nitrogens with zero attached hydrogens (tertiary/aromatic N) is 2. The molecule has 2 aromatic rings. The quantitative estimate of drug-likeness (QED) is 0.537. The molecular weight excluding hydrogens is 412 g/mol. The molecule has 2 aliphatic rings. The molecule has 3 heterocycles. The van der Waals surface area contributed by atoms with Crippen molar-refractivity contribution in [3.05, 3.63) is 64.5 Å². The number of rotatable bonds is 4. The molecule has 1 aromatic heterocycles. The minimum Gasteiger partial charge on any atom is -0.364 e. The van der Waals surface area contributed by atoms with E-state index in [0.717, 1.165) is 4.90 Å². The zero-order chi connectivity index (χ0) is 22.8. The van der Waals surface area contributed by atoms with E-state index < -0.39 is 35.6 Å². The molecule has 2 aliphatic heterocycles. The Labute approximate surface area is 183 Å². The van der Waals surface area contributed by atoms with Gasteiger partial charge < -0.3 is 5.73 Å². The van der Waals surface area contributed by atoms with Gasteiger partial charge in [-0.05, 0) is 36.6 Å². The first-order valence-corrected chi connectivity index (χ1v) is 9.95. The van der Waals surface area contributed by atoms with Crippen LogP contribution in [0.5, 0.6) is 0 Å². The van der Waals surface area contributed by atoms with E-state index >= 15 is 0 Å². The summed E-state index contributed by atoms with van der Waals surface area (Å²) in [6.07, 6.45) is 2.43. The smallest absolute Gasteiger partial charge is 0.267 e. The number of pyridine rings is 1. The fraction of sp³-hybridized carbons (Fsp3) is 0.217. The van der Waals surface area contributed by atoms with Crippen LogP contribution in [-0.2, 0) is 16.0 Å². The van der Waals surface area contributed by atoms with Crippen molar-refractivity contribution in [1.29, 1.82) is 0 Å². The molecule has 160 valence electrons. The third kappa shape index (κ3) is 3.74. The highest BCUT2D eigenvalue weighted by Gasteiger charge is 2.45. The molecular formula is C23H18N4O5. The molecule has 0 radical (unpaired) electrons. The largest absolute Gasteiger partial charge is 0.364 e. The minimum atomic E-state index is -1.03. The Morgan fingerprint density at radius 3 is 2.72 bits per heavy atom. The van der Waals surface area contributed by atoms with Crippen LogP contribution in [0, 0.1) is 11.8 Å². The van der Waals surface area contributed by atoms with Gasteiger partial charge in [0.2, 0.25) is 11.8 Å². The van der Waals surface area contributed by atoms with Crippen LogP contribution in [0.25, 0.3) is 0 Å². The van der Waals surface area contributed by atoms with E-state index in [1.165, 1.54) is 12.3 Å². The molecule has 5 amide bonds. The second-order valence-corrected chi connectivity index (χ2v) is 7.35. The summed E-state index contributed by atoms with van der Waals surface area (Å²) in [6.45, 7) is 0. The molecule has 0 saturated carbocycles. The Morgan fingerprint density at radius 2 is 1.97 bits per heavy atom. The van der Waals surface area contributed by atoms with Crippen molar-refractivity contribution in [2.45, 2.75) is 31.7 Å². The monoisotopic (exact) mass is 430 g/mol. The van der Waals surface area contributed by atoms with Crippen LogP contribution in [-0.4, -0.2) is 45.5 Å². The Morgan fingerprint density at radius 1 is 1.16 bits per heavy atom. The number of benzene rings is 1. The lowest BCUT2D eigenvalue weighted by Gasteiger charge is -2.27. The van der Waals surface area contributed by atoms with E-state index in [1.807, 2.05) is 0 Å². The molecule has 1 unspecified atom stereocenters. The van der Waals surface area contributed by atoms with Gasteiger partial charge in [0.15, 0.2) is 0 Å². The van der Waals surface area contributed by atoms with Crippen molar-refractivity contribution in [3.63, 3.8) is 0 Å². The predicted octanol–water partition coefficient (Wildman–Crippen LogP) is 0.566. The topological polar surface area (TPSA) is 140 Å². The molecule has 9 heteroatoms. The van der Waals surface area contributed by atoms with Crippen LogP contribution in [0.4, 0.5) is 0 Å². The molecule has 3 N–H and O–H groups in total.